The smallest absolute Gasteiger partial charge is 0.308 e. The van der Waals surface area contributed by atoms with Crippen LogP contribution in [0.2, 0.25) is 0 Å². The van der Waals surface area contributed by atoms with Crippen LogP contribution in [0.5, 0.6) is 0 Å². The van der Waals surface area contributed by atoms with Gasteiger partial charge in [0.05, 0.1) is 43.0 Å². The van der Waals surface area contributed by atoms with Crippen molar-refractivity contribution in [3.8, 4) is 0 Å². The average molecular weight is 772 g/mol. The molecule has 0 aromatic carbocycles. The zero-order valence-electron chi connectivity index (χ0n) is 33.6. The fraction of sp³-hybridized carbons (Fsp3) is 0.821. The van der Waals surface area contributed by atoms with Gasteiger partial charge in [0.15, 0.2) is 18.7 Å². The molecule has 0 saturated carbocycles. The number of likely N-dealkylation sites (N-methyl/N-ethyl adjacent to an activating group) is 1. The first-order chi connectivity index (χ1) is 25.5. The minimum absolute atomic E-state index is 0.00995. The molecule has 3 aliphatic heterocycles. The number of hydrogen-bond acceptors (Lipinski definition) is 15. The van der Waals surface area contributed by atoms with E-state index in [1.165, 1.54) is 14.2 Å². The average Bonchev–Trinajstić information content (AvgIpc) is 3.09. The molecular formula is C39H65NO14. The molecule has 2 fully saturated rings. The second-order valence-corrected chi connectivity index (χ2v) is 15.3. The van der Waals surface area contributed by atoms with E-state index in [9.17, 15) is 29.7 Å². The summed E-state index contributed by atoms with van der Waals surface area (Å²) < 4.78 is 48.5. The van der Waals surface area contributed by atoms with E-state index in [1.54, 1.807) is 71.8 Å². The van der Waals surface area contributed by atoms with Gasteiger partial charge in [-0.25, -0.2) is 0 Å². The summed E-state index contributed by atoms with van der Waals surface area (Å²) in [6.45, 7) is 10.3. The maximum atomic E-state index is 13.1. The van der Waals surface area contributed by atoms with Crippen LogP contribution in [0, 0.1) is 11.8 Å². The molecule has 16 atom stereocenters. The van der Waals surface area contributed by atoms with Crippen LogP contribution >= 0.6 is 0 Å². The molecule has 0 unspecified atom stereocenters. The number of aliphatic hydroxyl groups is 3. The van der Waals surface area contributed by atoms with E-state index in [0.717, 1.165) is 6.29 Å². The van der Waals surface area contributed by atoms with Crippen molar-refractivity contribution < 1.29 is 67.6 Å². The van der Waals surface area contributed by atoms with Gasteiger partial charge in [-0.05, 0) is 60.0 Å². The Bertz CT molecular complexity index is 1240. The van der Waals surface area contributed by atoms with Gasteiger partial charge in [-0.3, -0.25) is 9.59 Å². The van der Waals surface area contributed by atoms with Crippen molar-refractivity contribution in [1.82, 2.24) is 4.90 Å². The molecule has 0 bridgehead atoms. The molecule has 0 spiro atoms. The maximum Gasteiger partial charge on any atom is 0.308 e. The predicted molar refractivity (Wildman–Crippen MR) is 196 cm³/mol. The standard InChI is InChI=1S/C39H65NO14/c1-11-29(43)52-37-25(5)50-31(21-39(37,6)46)53-34-24(4)51-38(33(45)32(34)40(7)8)54-35-26(17-18-41)19-22(2)27(42)16-14-12-13-15-23(3)49-30(44)20-28(47-9)36(35)48-10/h12-14,16,18,22-28,31-38,42,45-46H,11,15,17,19-21H2,1-10H3/b13-12+,16-14+/t22-,23-,24-,25-,26+,27+,28-,31+,32-,33-,34-,35+,36+,37-,38+,39-/m1/s1. The Kier molecular flexibility index (Phi) is 18.2. The van der Waals surface area contributed by atoms with Crippen LogP contribution in [0.3, 0.4) is 0 Å². The van der Waals surface area contributed by atoms with Crippen LogP contribution in [0.25, 0.3) is 0 Å². The van der Waals surface area contributed by atoms with E-state index >= 15 is 0 Å². The van der Waals surface area contributed by atoms with Crippen molar-refractivity contribution in [1.29, 1.82) is 0 Å². The Morgan fingerprint density at radius 3 is 2.31 bits per heavy atom. The van der Waals surface area contributed by atoms with E-state index in [0.29, 0.717) is 12.8 Å². The van der Waals surface area contributed by atoms with Crippen molar-refractivity contribution in [3.05, 3.63) is 24.3 Å². The number of nitrogens with zero attached hydrogens (tertiary/aromatic N) is 1. The summed E-state index contributed by atoms with van der Waals surface area (Å²) >= 11 is 0. The fourth-order valence-electron chi connectivity index (χ4n) is 7.68. The number of esters is 2. The normalized spacial score (nSPS) is 42.9. The Morgan fingerprint density at radius 2 is 1.72 bits per heavy atom. The number of rotatable bonds is 11. The third-order valence-electron chi connectivity index (χ3n) is 10.6. The lowest BCUT2D eigenvalue weighted by atomic mass is 9.82. The zero-order valence-corrected chi connectivity index (χ0v) is 33.6. The molecule has 3 heterocycles. The van der Waals surface area contributed by atoms with Crippen molar-refractivity contribution >= 4 is 18.2 Å². The van der Waals surface area contributed by atoms with E-state index in [4.69, 9.17) is 37.9 Å². The number of allylic oxidation sites excluding steroid dienone is 2. The highest BCUT2D eigenvalue weighted by Gasteiger charge is 2.52. The molecule has 54 heavy (non-hydrogen) atoms. The highest BCUT2D eigenvalue weighted by atomic mass is 16.7. The number of hydrogen-bond donors (Lipinski definition) is 3. The molecule has 0 aromatic rings. The Hall–Kier alpha value is -2.31. The number of aliphatic hydroxyl groups excluding tert-OH is 2. The lowest BCUT2D eigenvalue weighted by Gasteiger charge is -2.50. The lowest BCUT2D eigenvalue weighted by Crippen LogP contribution is -2.66. The highest BCUT2D eigenvalue weighted by Crippen LogP contribution is 2.37. The number of methoxy groups -OCH3 is 2. The number of cyclic esters (lactones) is 1. The molecule has 310 valence electrons. The van der Waals surface area contributed by atoms with Gasteiger partial charge in [-0.15, -0.1) is 0 Å². The minimum atomic E-state index is -1.46. The molecule has 0 aromatic heterocycles. The summed E-state index contributed by atoms with van der Waals surface area (Å²) in [4.78, 5) is 39.2. The first-order valence-electron chi connectivity index (χ1n) is 19.1. The van der Waals surface area contributed by atoms with Crippen molar-refractivity contribution in [2.24, 2.45) is 11.8 Å². The van der Waals surface area contributed by atoms with Gasteiger partial charge < -0.3 is 62.9 Å². The monoisotopic (exact) mass is 771 g/mol. The SMILES string of the molecule is CCC(=O)O[C@@H]1[C@@H](C)O[C@@H](O[C@H]2[C@H](N(C)C)[C@@H](O)[C@H](O[C@H]3[C@@H](CC=O)C[C@@H](C)[C@@H](O)/C=C/C=C/C[C@@H](C)OC(=O)C[C@@H](OC)[C@@H]3OC)O[C@@H]2C)C[C@@]1(C)O. The second kappa shape index (κ2) is 21.3. The summed E-state index contributed by atoms with van der Waals surface area (Å²) in [5.41, 5.74) is -1.46. The molecule has 0 amide bonds. The minimum Gasteiger partial charge on any atom is -0.462 e. The molecule has 2 saturated heterocycles. The second-order valence-electron chi connectivity index (χ2n) is 15.3. The zero-order chi connectivity index (χ0) is 40.3. The first kappa shape index (κ1) is 46.1. The topological polar surface area (TPSA) is 189 Å². The van der Waals surface area contributed by atoms with E-state index in [1.807, 2.05) is 13.0 Å². The quantitative estimate of drug-likeness (QED) is 0.205. The highest BCUT2D eigenvalue weighted by molar-refractivity contribution is 5.70. The largest absolute Gasteiger partial charge is 0.462 e. The van der Waals surface area contributed by atoms with E-state index in [-0.39, 0.29) is 31.6 Å². The van der Waals surface area contributed by atoms with Crippen LogP contribution in [-0.2, 0) is 52.3 Å². The Morgan fingerprint density at radius 1 is 1.02 bits per heavy atom. The molecule has 3 rings (SSSR count). The lowest BCUT2D eigenvalue weighted by molar-refractivity contribution is -0.344. The van der Waals surface area contributed by atoms with E-state index in [2.05, 4.69) is 0 Å². The summed E-state index contributed by atoms with van der Waals surface area (Å²) in [6, 6.07) is -0.719. The van der Waals surface area contributed by atoms with Gasteiger partial charge in [-0.1, -0.05) is 38.2 Å². The number of aldehydes is 1. The van der Waals surface area contributed by atoms with Gasteiger partial charge in [0.2, 0.25) is 0 Å². The van der Waals surface area contributed by atoms with Crippen LogP contribution in [0.4, 0.5) is 0 Å². The van der Waals surface area contributed by atoms with Gasteiger partial charge in [0.1, 0.15) is 36.3 Å². The van der Waals surface area contributed by atoms with Gasteiger partial charge in [0, 0.05) is 39.9 Å². The van der Waals surface area contributed by atoms with Crippen molar-refractivity contribution in [2.45, 2.75) is 165 Å². The molecular weight excluding hydrogens is 706 g/mol. The van der Waals surface area contributed by atoms with Crippen molar-refractivity contribution in [2.75, 3.05) is 28.3 Å². The molecule has 0 aliphatic carbocycles. The molecule has 15 heteroatoms. The van der Waals surface area contributed by atoms with Gasteiger partial charge in [-0.2, -0.15) is 0 Å². The van der Waals surface area contributed by atoms with Crippen LogP contribution < -0.4 is 0 Å². The third kappa shape index (κ3) is 12.3. The summed E-state index contributed by atoms with van der Waals surface area (Å²) in [5.74, 6) is -1.87. The van der Waals surface area contributed by atoms with Gasteiger partial charge >= 0.3 is 11.9 Å². The molecule has 15 nitrogen and oxygen atoms in total. The third-order valence-corrected chi connectivity index (χ3v) is 10.6. The van der Waals surface area contributed by atoms with Crippen LogP contribution in [-0.4, -0.2) is 152 Å². The van der Waals surface area contributed by atoms with Crippen LogP contribution in [0.15, 0.2) is 24.3 Å². The Balaban J connectivity index is 1.95. The first-order valence-corrected chi connectivity index (χ1v) is 19.1. The summed E-state index contributed by atoms with van der Waals surface area (Å²) in [5, 5.41) is 34.3. The number of carbonyl (C=O) groups is 3. The van der Waals surface area contributed by atoms with Crippen LogP contribution in [0.1, 0.15) is 80.1 Å². The molecule has 3 N–H and O–H groups in total. The summed E-state index contributed by atoms with van der Waals surface area (Å²) in [6.07, 6.45) is -2.14. The Labute approximate surface area is 320 Å². The predicted octanol–water partition coefficient (Wildman–Crippen LogP) is 2.46. The maximum absolute atomic E-state index is 13.1. The number of ether oxygens (including phenoxy) is 8. The van der Waals surface area contributed by atoms with Gasteiger partial charge in [0.25, 0.3) is 0 Å². The molecule has 0 radical (unpaired) electrons. The number of carbonyl (C=O) groups excluding carboxylic acids is 3. The molecule has 3 aliphatic rings. The van der Waals surface area contributed by atoms with E-state index < -0.39 is 103 Å². The fourth-order valence-corrected chi connectivity index (χ4v) is 7.68. The summed E-state index contributed by atoms with van der Waals surface area (Å²) in [7, 11) is 6.44. The van der Waals surface area contributed by atoms with Crippen molar-refractivity contribution in [3.63, 3.8) is 0 Å².